The van der Waals surface area contributed by atoms with Crippen LogP contribution in [-0.2, 0) is 18.3 Å². The molecule has 0 atom stereocenters. The van der Waals surface area contributed by atoms with Crippen molar-refractivity contribution in [3.63, 3.8) is 0 Å². The Kier molecular flexibility index (Phi) is 3.13. The summed E-state index contributed by atoms with van der Waals surface area (Å²) in [6.45, 7) is 0. The highest BCUT2D eigenvalue weighted by atomic mass is 16.5. The summed E-state index contributed by atoms with van der Waals surface area (Å²) < 4.78 is 6.82. The van der Waals surface area contributed by atoms with Gasteiger partial charge in [-0.25, -0.2) is 4.57 Å². The lowest BCUT2D eigenvalue weighted by Gasteiger charge is -1.95. The van der Waals surface area contributed by atoms with Crippen LogP contribution in [0.25, 0.3) is 11.4 Å². The molecular formula is C11H11N3O3. The summed E-state index contributed by atoms with van der Waals surface area (Å²) in [5.41, 5.74) is 0.818. The highest BCUT2D eigenvalue weighted by Gasteiger charge is 2.10. The van der Waals surface area contributed by atoms with Gasteiger partial charge in [-0.15, -0.1) is 0 Å². The molecule has 0 saturated heterocycles. The molecule has 6 nitrogen and oxygen atoms in total. The van der Waals surface area contributed by atoms with Crippen LogP contribution in [0, 0.1) is 0 Å². The third-order valence-electron chi connectivity index (χ3n) is 2.21. The first-order valence-electron chi connectivity index (χ1n) is 5.13. The Morgan fingerprint density at radius 2 is 2.41 bits per heavy atom. The van der Waals surface area contributed by atoms with Crippen molar-refractivity contribution in [1.29, 1.82) is 0 Å². The summed E-state index contributed by atoms with van der Waals surface area (Å²) in [4.78, 5) is 14.4. The minimum absolute atomic E-state index is 0.121. The molecule has 0 radical (unpaired) electrons. The first kappa shape index (κ1) is 11.3. The van der Waals surface area contributed by atoms with Crippen molar-refractivity contribution in [2.24, 2.45) is 7.05 Å². The van der Waals surface area contributed by atoms with Gasteiger partial charge in [0.25, 0.3) is 0 Å². The Hall–Kier alpha value is -2.24. The van der Waals surface area contributed by atoms with Gasteiger partial charge in [0.05, 0.1) is 5.56 Å². The molecule has 0 N–H and O–H groups in total. The molecule has 0 saturated carbocycles. The highest BCUT2D eigenvalue weighted by molar-refractivity contribution is 5.64. The van der Waals surface area contributed by atoms with Gasteiger partial charge in [-0.3, -0.25) is 0 Å². The number of hydrogen-bond acceptors (Lipinski definition) is 5. The van der Waals surface area contributed by atoms with Gasteiger partial charge < -0.3 is 14.4 Å². The first-order chi connectivity index (χ1) is 8.15. The summed E-state index contributed by atoms with van der Waals surface area (Å²) in [5.74, 6) is -0.374. The summed E-state index contributed by atoms with van der Waals surface area (Å²) >= 11 is 0. The van der Waals surface area contributed by atoms with Crippen LogP contribution in [0.1, 0.15) is 12.3 Å². The predicted molar refractivity (Wildman–Crippen MR) is 54.2 cm³/mol. The molecule has 88 valence electrons. The van der Waals surface area contributed by atoms with Crippen LogP contribution < -0.4 is 9.67 Å². The molecule has 2 heterocycles. The van der Waals surface area contributed by atoms with E-state index in [1.165, 1.54) is 0 Å². The van der Waals surface area contributed by atoms with Crippen LogP contribution in [0.2, 0.25) is 0 Å². The Labute approximate surface area is 97.5 Å². The van der Waals surface area contributed by atoms with Crippen LogP contribution in [-0.4, -0.2) is 16.1 Å². The Morgan fingerprint density at radius 3 is 3.12 bits per heavy atom. The molecule has 17 heavy (non-hydrogen) atoms. The highest BCUT2D eigenvalue weighted by Crippen LogP contribution is 2.13. The lowest BCUT2D eigenvalue weighted by Crippen LogP contribution is -2.26. The van der Waals surface area contributed by atoms with Crippen molar-refractivity contribution in [3.8, 4) is 11.4 Å². The van der Waals surface area contributed by atoms with Gasteiger partial charge in [-0.2, -0.15) is 4.98 Å². The minimum Gasteiger partial charge on any atom is -0.550 e. The van der Waals surface area contributed by atoms with Gasteiger partial charge in [0.2, 0.25) is 11.7 Å². The molecular weight excluding hydrogens is 222 g/mol. The number of carbonyl (C=O) groups excluding carboxylic acids is 1. The Balaban J connectivity index is 2.15. The summed E-state index contributed by atoms with van der Waals surface area (Å²) in [7, 11) is 1.89. The number of aryl methyl sites for hydroxylation is 2. The van der Waals surface area contributed by atoms with Gasteiger partial charge in [-0.05, 0) is 12.5 Å². The number of nitrogens with zero attached hydrogens (tertiary/aromatic N) is 3. The standard InChI is InChI=1S/C11H11N3O3/c1-14-6-2-3-8(7-14)11-12-9(17-13-11)4-5-10(15)16/h2-3,6-7H,4-5H2,1H3. The summed E-state index contributed by atoms with van der Waals surface area (Å²) in [6.07, 6.45) is 3.81. The second kappa shape index (κ2) is 4.73. The number of hydrogen-bond donors (Lipinski definition) is 0. The second-order valence-electron chi connectivity index (χ2n) is 3.64. The van der Waals surface area contributed by atoms with E-state index in [4.69, 9.17) is 4.52 Å². The van der Waals surface area contributed by atoms with Crippen LogP contribution in [0.3, 0.4) is 0 Å². The van der Waals surface area contributed by atoms with Gasteiger partial charge in [0.15, 0.2) is 12.4 Å². The fraction of sp³-hybridized carbons (Fsp3) is 0.273. The molecule has 0 aliphatic heterocycles. The van der Waals surface area contributed by atoms with E-state index in [9.17, 15) is 9.90 Å². The lowest BCUT2D eigenvalue weighted by molar-refractivity contribution is -0.671. The van der Waals surface area contributed by atoms with Crippen molar-refractivity contribution < 1.29 is 19.0 Å². The average Bonchev–Trinajstić information content (AvgIpc) is 2.75. The van der Waals surface area contributed by atoms with Gasteiger partial charge >= 0.3 is 0 Å². The second-order valence-corrected chi connectivity index (χ2v) is 3.64. The van der Waals surface area contributed by atoms with E-state index in [1.54, 1.807) is 0 Å². The zero-order valence-electron chi connectivity index (χ0n) is 9.29. The molecule has 0 spiro atoms. The normalized spacial score (nSPS) is 10.4. The number of pyridine rings is 1. The molecule has 0 aliphatic rings. The number of carboxylic acids is 1. The van der Waals surface area contributed by atoms with Crippen molar-refractivity contribution in [2.75, 3.05) is 0 Å². The van der Waals surface area contributed by atoms with E-state index in [0.717, 1.165) is 5.56 Å². The van der Waals surface area contributed by atoms with E-state index >= 15 is 0 Å². The molecule has 0 aliphatic carbocycles. The van der Waals surface area contributed by atoms with Crippen LogP contribution in [0.15, 0.2) is 29.0 Å². The molecule has 2 aromatic rings. The summed E-state index contributed by atoms with van der Waals surface area (Å²) in [6, 6.07) is 3.72. The molecule has 0 amide bonds. The maximum atomic E-state index is 10.3. The smallest absolute Gasteiger partial charge is 0.227 e. The number of carbonyl (C=O) groups is 1. The zero-order chi connectivity index (χ0) is 12.3. The van der Waals surface area contributed by atoms with Crippen molar-refractivity contribution in [2.45, 2.75) is 12.8 Å². The number of aliphatic carboxylic acids is 1. The SMILES string of the molecule is C[n+]1cccc(-c2noc(CCC(=O)[O-])n2)c1. The monoisotopic (exact) mass is 233 g/mol. The number of carboxylic acid groups (broad SMARTS) is 1. The van der Waals surface area contributed by atoms with E-state index in [0.29, 0.717) is 11.7 Å². The van der Waals surface area contributed by atoms with E-state index in [-0.39, 0.29) is 12.8 Å². The largest absolute Gasteiger partial charge is 0.550 e. The Bertz CT molecular complexity index is 536. The predicted octanol–water partition coefficient (Wildman–Crippen LogP) is -0.756. The zero-order valence-corrected chi connectivity index (χ0v) is 9.29. The van der Waals surface area contributed by atoms with Crippen LogP contribution in [0.5, 0.6) is 0 Å². The molecule has 0 aromatic carbocycles. The molecule has 6 heteroatoms. The topological polar surface area (TPSA) is 82.9 Å². The maximum absolute atomic E-state index is 10.3. The number of aromatic nitrogens is 3. The first-order valence-corrected chi connectivity index (χ1v) is 5.13. The molecule has 0 fully saturated rings. The Morgan fingerprint density at radius 1 is 1.59 bits per heavy atom. The molecule has 2 rings (SSSR count). The fourth-order valence-electron chi connectivity index (χ4n) is 1.40. The van der Waals surface area contributed by atoms with Crippen molar-refractivity contribution in [1.82, 2.24) is 10.1 Å². The third kappa shape index (κ3) is 2.87. The molecule has 0 unspecified atom stereocenters. The van der Waals surface area contributed by atoms with Gasteiger partial charge in [0.1, 0.15) is 7.05 Å². The van der Waals surface area contributed by atoms with E-state index < -0.39 is 5.97 Å². The van der Waals surface area contributed by atoms with E-state index in [1.807, 2.05) is 36.1 Å². The van der Waals surface area contributed by atoms with Gasteiger partial charge in [0, 0.05) is 18.5 Å². The molecule has 0 bridgehead atoms. The van der Waals surface area contributed by atoms with Crippen molar-refractivity contribution >= 4 is 5.97 Å². The summed E-state index contributed by atoms with van der Waals surface area (Å²) in [5, 5.41) is 14.1. The minimum atomic E-state index is -1.13. The van der Waals surface area contributed by atoms with Crippen LogP contribution >= 0.6 is 0 Å². The fourth-order valence-corrected chi connectivity index (χ4v) is 1.40. The number of rotatable bonds is 4. The van der Waals surface area contributed by atoms with Crippen LogP contribution in [0.4, 0.5) is 0 Å². The average molecular weight is 233 g/mol. The van der Waals surface area contributed by atoms with E-state index in [2.05, 4.69) is 10.1 Å². The molecule has 2 aromatic heterocycles. The lowest BCUT2D eigenvalue weighted by atomic mass is 10.2. The van der Waals surface area contributed by atoms with Gasteiger partial charge in [-0.1, -0.05) is 5.16 Å². The maximum Gasteiger partial charge on any atom is 0.227 e. The van der Waals surface area contributed by atoms with Crippen molar-refractivity contribution in [3.05, 3.63) is 30.4 Å². The quantitative estimate of drug-likeness (QED) is 0.648. The third-order valence-corrected chi connectivity index (χ3v) is 2.21.